The fourth-order valence-electron chi connectivity index (χ4n) is 2.00. The monoisotopic (exact) mass is 334 g/mol. The van der Waals surface area contributed by atoms with Gasteiger partial charge in [0.25, 0.3) is 5.91 Å². The summed E-state index contributed by atoms with van der Waals surface area (Å²) in [6.07, 6.45) is 0.297. The second-order valence-electron chi connectivity index (χ2n) is 4.90. The van der Waals surface area contributed by atoms with Crippen molar-refractivity contribution in [3.63, 3.8) is 0 Å². The summed E-state index contributed by atoms with van der Waals surface area (Å²) < 4.78 is 6.48. The molecule has 0 saturated carbocycles. The van der Waals surface area contributed by atoms with Crippen LogP contribution in [-0.2, 0) is 0 Å². The Bertz CT molecular complexity index is 700. The Balaban J connectivity index is 2.36. The van der Waals surface area contributed by atoms with Crippen molar-refractivity contribution < 1.29 is 9.21 Å². The van der Waals surface area contributed by atoms with Crippen LogP contribution >= 0.6 is 15.9 Å². The number of carbonyl (C=O) groups is 1. The summed E-state index contributed by atoms with van der Waals surface area (Å²) in [7, 11) is 1.68. The molecule has 1 heterocycles. The van der Waals surface area contributed by atoms with Crippen molar-refractivity contribution in [2.45, 2.75) is 26.3 Å². The van der Waals surface area contributed by atoms with Crippen LogP contribution in [0.4, 0.5) is 0 Å². The third-order valence-electron chi connectivity index (χ3n) is 3.29. The smallest absolute Gasteiger partial charge is 0.289 e. The summed E-state index contributed by atoms with van der Waals surface area (Å²) in [5.74, 6) is 0.0760. The van der Waals surface area contributed by atoms with Crippen molar-refractivity contribution in [3.05, 3.63) is 34.0 Å². The Morgan fingerprint density at radius 3 is 2.85 bits per heavy atom. The fraction of sp³-hybridized carbons (Fsp3) is 0.333. The first kappa shape index (κ1) is 14.6. The van der Waals surface area contributed by atoms with E-state index in [2.05, 4.69) is 22.0 Å². The zero-order valence-electron chi connectivity index (χ0n) is 11.6. The highest BCUT2D eigenvalue weighted by molar-refractivity contribution is 9.10. The molecule has 0 N–H and O–H groups in total. The van der Waals surface area contributed by atoms with Crippen LogP contribution in [0.25, 0.3) is 11.0 Å². The molecule has 0 bridgehead atoms. The van der Waals surface area contributed by atoms with Crippen LogP contribution in [0, 0.1) is 18.3 Å². The molecule has 1 aromatic heterocycles. The second-order valence-corrected chi connectivity index (χ2v) is 5.76. The number of halogens is 1. The topological polar surface area (TPSA) is 57.2 Å². The van der Waals surface area contributed by atoms with Gasteiger partial charge in [-0.3, -0.25) is 4.79 Å². The van der Waals surface area contributed by atoms with Gasteiger partial charge < -0.3 is 9.32 Å². The SMILES string of the molecule is Cc1cc(Br)c2oc(C(=O)N(C)C(C)CC#N)cc2c1. The van der Waals surface area contributed by atoms with Crippen LogP contribution in [-0.4, -0.2) is 23.9 Å². The van der Waals surface area contributed by atoms with E-state index < -0.39 is 0 Å². The van der Waals surface area contributed by atoms with Gasteiger partial charge in [0.05, 0.1) is 17.0 Å². The number of amides is 1. The van der Waals surface area contributed by atoms with Crippen molar-refractivity contribution in [2.75, 3.05) is 7.05 Å². The van der Waals surface area contributed by atoms with Gasteiger partial charge in [-0.2, -0.15) is 5.26 Å². The Morgan fingerprint density at radius 1 is 1.50 bits per heavy atom. The second kappa shape index (κ2) is 5.68. The molecule has 0 fully saturated rings. The molecule has 1 atom stereocenters. The molecule has 0 aliphatic carbocycles. The van der Waals surface area contributed by atoms with Crippen LogP contribution in [0.2, 0.25) is 0 Å². The Kier molecular flexibility index (Phi) is 4.15. The lowest BCUT2D eigenvalue weighted by atomic mass is 10.2. The predicted octanol–water partition coefficient (Wildman–Crippen LogP) is 3.88. The molecule has 1 aromatic carbocycles. The number of benzene rings is 1. The molecule has 2 aromatic rings. The van der Waals surface area contributed by atoms with Gasteiger partial charge >= 0.3 is 0 Å². The van der Waals surface area contributed by atoms with E-state index in [9.17, 15) is 4.79 Å². The highest BCUT2D eigenvalue weighted by Gasteiger charge is 2.21. The number of nitrogens with zero attached hydrogens (tertiary/aromatic N) is 2. The van der Waals surface area contributed by atoms with Crippen LogP contribution in [0.1, 0.15) is 29.5 Å². The lowest BCUT2D eigenvalue weighted by Crippen LogP contribution is -2.34. The molecule has 0 aliphatic rings. The highest BCUT2D eigenvalue weighted by atomic mass is 79.9. The number of nitriles is 1. The maximum Gasteiger partial charge on any atom is 0.289 e. The Morgan fingerprint density at radius 2 is 2.20 bits per heavy atom. The molecule has 0 radical (unpaired) electrons. The lowest BCUT2D eigenvalue weighted by Gasteiger charge is -2.21. The van der Waals surface area contributed by atoms with E-state index in [-0.39, 0.29) is 11.9 Å². The average molecular weight is 335 g/mol. The quantitative estimate of drug-likeness (QED) is 0.855. The van der Waals surface area contributed by atoms with E-state index in [0.717, 1.165) is 15.4 Å². The molecule has 104 valence electrons. The number of carbonyl (C=O) groups excluding carboxylic acids is 1. The number of hydrogen-bond acceptors (Lipinski definition) is 3. The van der Waals surface area contributed by atoms with Crippen molar-refractivity contribution >= 4 is 32.8 Å². The normalized spacial score (nSPS) is 12.2. The molecule has 4 nitrogen and oxygen atoms in total. The molecule has 0 spiro atoms. The number of hydrogen-bond donors (Lipinski definition) is 0. The first-order valence-corrected chi connectivity index (χ1v) is 7.07. The summed E-state index contributed by atoms with van der Waals surface area (Å²) in [6.45, 7) is 3.82. The van der Waals surface area contributed by atoms with Crippen molar-refractivity contribution in [1.82, 2.24) is 4.90 Å². The summed E-state index contributed by atoms with van der Waals surface area (Å²) in [4.78, 5) is 13.9. The Hall–Kier alpha value is -1.80. The summed E-state index contributed by atoms with van der Waals surface area (Å²) in [5, 5.41) is 9.59. The number of aryl methyl sites for hydroxylation is 1. The number of furan rings is 1. The van der Waals surface area contributed by atoms with Gasteiger partial charge in [0.2, 0.25) is 0 Å². The third kappa shape index (κ3) is 2.70. The van der Waals surface area contributed by atoms with Crippen LogP contribution < -0.4 is 0 Å². The van der Waals surface area contributed by atoms with E-state index in [0.29, 0.717) is 17.8 Å². The van der Waals surface area contributed by atoms with Gasteiger partial charge in [-0.15, -0.1) is 0 Å². The zero-order chi connectivity index (χ0) is 14.9. The largest absolute Gasteiger partial charge is 0.450 e. The fourth-order valence-corrected chi connectivity index (χ4v) is 2.67. The van der Waals surface area contributed by atoms with Gasteiger partial charge in [0, 0.05) is 18.5 Å². The summed E-state index contributed by atoms with van der Waals surface area (Å²) in [5.41, 5.74) is 1.76. The van der Waals surface area contributed by atoms with Gasteiger partial charge in [-0.05, 0) is 53.5 Å². The van der Waals surface area contributed by atoms with E-state index >= 15 is 0 Å². The summed E-state index contributed by atoms with van der Waals surface area (Å²) in [6, 6.07) is 7.58. The van der Waals surface area contributed by atoms with Crippen LogP contribution in [0.3, 0.4) is 0 Å². The van der Waals surface area contributed by atoms with Crippen molar-refractivity contribution in [3.8, 4) is 6.07 Å². The standard InChI is InChI=1S/C15H15BrN2O2/c1-9-6-11-8-13(20-14(11)12(16)7-9)15(19)18(3)10(2)4-5-17/h6-8,10H,4H2,1-3H3. The van der Waals surface area contributed by atoms with Gasteiger partial charge in [0.15, 0.2) is 5.76 Å². The minimum Gasteiger partial charge on any atom is -0.450 e. The average Bonchev–Trinajstić information content (AvgIpc) is 2.81. The third-order valence-corrected chi connectivity index (χ3v) is 3.88. The predicted molar refractivity (Wildman–Crippen MR) is 80.4 cm³/mol. The molecule has 1 unspecified atom stereocenters. The van der Waals surface area contributed by atoms with E-state index in [4.69, 9.17) is 9.68 Å². The van der Waals surface area contributed by atoms with Crippen molar-refractivity contribution in [1.29, 1.82) is 5.26 Å². The molecular weight excluding hydrogens is 320 g/mol. The van der Waals surface area contributed by atoms with Crippen LogP contribution in [0.15, 0.2) is 27.1 Å². The minimum absolute atomic E-state index is 0.147. The van der Waals surface area contributed by atoms with E-state index in [1.807, 2.05) is 26.0 Å². The van der Waals surface area contributed by atoms with Gasteiger partial charge in [-0.1, -0.05) is 0 Å². The first-order valence-electron chi connectivity index (χ1n) is 6.28. The number of rotatable bonds is 3. The molecule has 5 heteroatoms. The first-order chi connectivity index (χ1) is 9.43. The minimum atomic E-state index is -0.214. The maximum absolute atomic E-state index is 12.3. The molecule has 20 heavy (non-hydrogen) atoms. The Labute approximate surface area is 126 Å². The molecule has 2 rings (SSSR count). The molecular formula is C15H15BrN2O2. The lowest BCUT2D eigenvalue weighted by molar-refractivity contribution is 0.0716. The van der Waals surface area contributed by atoms with Gasteiger partial charge in [0.1, 0.15) is 5.58 Å². The molecule has 0 aliphatic heterocycles. The van der Waals surface area contributed by atoms with Crippen molar-refractivity contribution in [2.24, 2.45) is 0 Å². The zero-order valence-corrected chi connectivity index (χ0v) is 13.2. The van der Waals surface area contributed by atoms with Gasteiger partial charge in [-0.25, -0.2) is 0 Å². The highest BCUT2D eigenvalue weighted by Crippen LogP contribution is 2.29. The van der Waals surface area contributed by atoms with E-state index in [1.165, 1.54) is 4.90 Å². The summed E-state index contributed by atoms with van der Waals surface area (Å²) >= 11 is 3.44. The van der Waals surface area contributed by atoms with E-state index in [1.54, 1.807) is 13.1 Å². The number of fused-ring (bicyclic) bond motifs is 1. The molecule has 0 saturated heterocycles. The van der Waals surface area contributed by atoms with Crippen LogP contribution in [0.5, 0.6) is 0 Å². The maximum atomic E-state index is 12.3. The molecule has 1 amide bonds.